The Bertz CT molecular complexity index is 608. The Balaban J connectivity index is 1.83. The molecule has 2 aromatic carbocycles. The molecule has 2 aromatic rings. The van der Waals surface area contributed by atoms with Crippen molar-refractivity contribution in [2.75, 3.05) is 6.54 Å². The molecule has 1 aliphatic carbocycles. The standard InChI is InChI=1S/C19H23NO/c1-3-12-20-19-16-10-6-5-9-15(16)13-18(19)21-17-11-7-4-8-14(17)2/h4-11,18-20H,3,12-13H2,1-2H3. The molecule has 0 aliphatic heterocycles. The molecule has 0 saturated carbocycles. The fourth-order valence-electron chi connectivity index (χ4n) is 3.06. The summed E-state index contributed by atoms with van der Waals surface area (Å²) in [5, 5.41) is 3.65. The number of benzene rings is 2. The van der Waals surface area contributed by atoms with Gasteiger partial charge in [0, 0.05) is 6.42 Å². The maximum absolute atomic E-state index is 6.34. The molecule has 0 heterocycles. The Morgan fingerprint density at radius 3 is 2.67 bits per heavy atom. The van der Waals surface area contributed by atoms with Gasteiger partial charge in [-0.1, -0.05) is 49.4 Å². The van der Waals surface area contributed by atoms with Crippen LogP contribution in [0.5, 0.6) is 5.75 Å². The maximum Gasteiger partial charge on any atom is 0.122 e. The second-order valence-corrected chi connectivity index (χ2v) is 5.76. The van der Waals surface area contributed by atoms with E-state index in [-0.39, 0.29) is 6.10 Å². The zero-order valence-corrected chi connectivity index (χ0v) is 12.8. The van der Waals surface area contributed by atoms with Crippen LogP contribution in [0, 0.1) is 6.92 Å². The zero-order chi connectivity index (χ0) is 14.7. The van der Waals surface area contributed by atoms with Crippen molar-refractivity contribution in [2.24, 2.45) is 0 Å². The van der Waals surface area contributed by atoms with Gasteiger partial charge >= 0.3 is 0 Å². The number of hydrogen-bond donors (Lipinski definition) is 1. The zero-order valence-electron chi connectivity index (χ0n) is 12.8. The topological polar surface area (TPSA) is 21.3 Å². The number of ether oxygens (including phenoxy) is 1. The minimum absolute atomic E-state index is 0.176. The molecule has 2 heteroatoms. The molecule has 2 unspecified atom stereocenters. The normalized spacial score (nSPS) is 20.3. The molecule has 0 amide bonds. The van der Waals surface area contributed by atoms with Crippen molar-refractivity contribution in [1.82, 2.24) is 5.32 Å². The number of hydrogen-bond acceptors (Lipinski definition) is 2. The number of aryl methyl sites for hydroxylation is 1. The van der Waals surface area contributed by atoms with Gasteiger partial charge in [0.05, 0.1) is 6.04 Å². The number of para-hydroxylation sites is 1. The third kappa shape index (κ3) is 2.96. The van der Waals surface area contributed by atoms with E-state index in [1.807, 2.05) is 6.07 Å². The summed E-state index contributed by atoms with van der Waals surface area (Å²) >= 11 is 0. The molecule has 2 nitrogen and oxygen atoms in total. The summed E-state index contributed by atoms with van der Waals surface area (Å²) in [4.78, 5) is 0. The first-order valence-electron chi connectivity index (χ1n) is 7.83. The van der Waals surface area contributed by atoms with Crippen LogP contribution >= 0.6 is 0 Å². The molecule has 0 saturated heterocycles. The van der Waals surface area contributed by atoms with Gasteiger partial charge < -0.3 is 10.1 Å². The molecule has 1 N–H and O–H groups in total. The van der Waals surface area contributed by atoms with E-state index in [2.05, 4.69) is 61.6 Å². The molecule has 1 aliphatic rings. The molecule has 21 heavy (non-hydrogen) atoms. The molecule has 2 atom stereocenters. The molecular weight excluding hydrogens is 258 g/mol. The monoisotopic (exact) mass is 281 g/mol. The molecule has 110 valence electrons. The quantitative estimate of drug-likeness (QED) is 0.893. The minimum Gasteiger partial charge on any atom is -0.488 e. The highest BCUT2D eigenvalue weighted by Gasteiger charge is 2.33. The third-order valence-corrected chi connectivity index (χ3v) is 4.17. The van der Waals surface area contributed by atoms with E-state index in [4.69, 9.17) is 4.74 Å². The Kier molecular flexibility index (Phi) is 4.26. The molecule has 0 spiro atoms. The van der Waals surface area contributed by atoms with Crippen LogP contribution in [0.3, 0.4) is 0 Å². The summed E-state index contributed by atoms with van der Waals surface area (Å²) in [7, 11) is 0. The Morgan fingerprint density at radius 2 is 1.86 bits per heavy atom. The Morgan fingerprint density at radius 1 is 1.10 bits per heavy atom. The third-order valence-electron chi connectivity index (χ3n) is 4.17. The molecule has 0 bridgehead atoms. The second kappa shape index (κ2) is 6.31. The minimum atomic E-state index is 0.176. The predicted octanol–water partition coefficient (Wildman–Crippen LogP) is 4.04. The van der Waals surface area contributed by atoms with Crippen molar-refractivity contribution >= 4 is 0 Å². The molecule has 0 aromatic heterocycles. The smallest absolute Gasteiger partial charge is 0.122 e. The molecule has 3 rings (SSSR count). The molecule has 0 fully saturated rings. The van der Waals surface area contributed by atoms with Crippen molar-refractivity contribution in [3.05, 3.63) is 65.2 Å². The van der Waals surface area contributed by atoms with Crippen molar-refractivity contribution < 1.29 is 4.74 Å². The van der Waals surface area contributed by atoms with Gasteiger partial charge in [0.1, 0.15) is 11.9 Å². The van der Waals surface area contributed by atoms with Crippen molar-refractivity contribution in [2.45, 2.75) is 38.8 Å². The van der Waals surface area contributed by atoms with Gasteiger partial charge in [-0.25, -0.2) is 0 Å². The van der Waals surface area contributed by atoms with Gasteiger partial charge in [0.2, 0.25) is 0 Å². The Hall–Kier alpha value is -1.80. The van der Waals surface area contributed by atoms with Gasteiger partial charge in [-0.05, 0) is 42.6 Å². The van der Waals surface area contributed by atoms with Gasteiger partial charge in [0.25, 0.3) is 0 Å². The molecule has 0 radical (unpaired) electrons. The van der Waals surface area contributed by atoms with Gasteiger partial charge in [-0.2, -0.15) is 0 Å². The summed E-state index contributed by atoms with van der Waals surface area (Å²) in [6, 6.07) is 17.2. The van der Waals surface area contributed by atoms with Crippen molar-refractivity contribution in [1.29, 1.82) is 0 Å². The van der Waals surface area contributed by atoms with Crippen LogP contribution in [0.4, 0.5) is 0 Å². The summed E-state index contributed by atoms with van der Waals surface area (Å²) in [5.74, 6) is 0.999. The van der Waals surface area contributed by atoms with E-state index in [1.54, 1.807) is 0 Å². The number of fused-ring (bicyclic) bond motifs is 1. The fraction of sp³-hybridized carbons (Fsp3) is 0.368. The highest BCUT2D eigenvalue weighted by molar-refractivity contribution is 5.38. The lowest BCUT2D eigenvalue weighted by Gasteiger charge is -2.24. The van der Waals surface area contributed by atoms with Crippen LogP contribution in [0.2, 0.25) is 0 Å². The van der Waals surface area contributed by atoms with Crippen LogP contribution in [-0.4, -0.2) is 12.6 Å². The van der Waals surface area contributed by atoms with E-state index in [0.29, 0.717) is 6.04 Å². The first-order chi connectivity index (χ1) is 10.3. The Labute approximate surface area is 127 Å². The average Bonchev–Trinajstić information content (AvgIpc) is 2.85. The van der Waals surface area contributed by atoms with Crippen LogP contribution in [-0.2, 0) is 6.42 Å². The highest BCUT2D eigenvalue weighted by Crippen LogP contribution is 2.34. The van der Waals surface area contributed by atoms with Crippen molar-refractivity contribution in [3.8, 4) is 5.75 Å². The summed E-state index contributed by atoms with van der Waals surface area (Å²) in [6.07, 6.45) is 2.29. The predicted molar refractivity (Wildman–Crippen MR) is 86.8 cm³/mol. The van der Waals surface area contributed by atoms with E-state index >= 15 is 0 Å². The summed E-state index contributed by atoms with van der Waals surface area (Å²) < 4.78 is 6.34. The number of rotatable bonds is 5. The van der Waals surface area contributed by atoms with E-state index < -0.39 is 0 Å². The summed E-state index contributed by atoms with van der Waals surface area (Å²) in [6.45, 7) is 5.32. The summed E-state index contributed by atoms with van der Waals surface area (Å²) in [5.41, 5.74) is 4.00. The van der Waals surface area contributed by atoms with Crippen LogP contribution in [0.25, 0.3) is 0 Å². The maximum atomic E-state index is 6.34. The fourth-order valence-corrected chi connectivity index (χ4v) is 3.06. The van der Waals surface area contributed by atoms with Gasteiger partial charge in [0.15, 0.2) is 0 Å². The van der Waals surface area contributed by atoms with Crippen LogP contribution in [0.1, 0.15) is 36.1 Å². The van der Waals surface area contributed by atoms with Crippen molar-refractivity contribution in [3.63, 3.8) is 0 Å². The van der Waals surface area contributed by atoms with E-state index in [0.717, 1.165) is 25.1 Å². The largest absolute Gasteiger partial charge is 0.488 e. The lowest BCUT2D eigenvalue weighted by atomic mass is 10.1. The second-order valence-electron chi connectivity index (χ2n) is 5.76. The molecular formula is C19H23NO. The lowest BCUT2D eigenvalue weighted by molar-refractivity contribution is 0.166. The lowest BCUT2D eigenvalue weighted by Crippen LogP contribution is -2.33. The van der Waals surface area contributed by atoms with Crippen LogP contribution < -0.4 is 10.1 Å². The first kappa shape index (κ1) is 14.2. The van der Waals surface area contributed by atoms with Gasteiger partial charge in [-0.15, -0.1) is 0 Å². The van der Waals surface area contributed by atoms with Crippen LogP contribution in [0.15, 0.2) is 48.5 Å². The van der Waals surface area contributed by atoms with E-state index in [1.165, 1.54) is 16.7 Å². The van der Waals surface area contributed by atoms with Gasteiger partial charge in [-0.3, -0.25) is 0 Å². The first-order valence-corrected chi connectivity index (χ1v) is 7.83. The number of nitrogens with one attached hydrogen (secondary N) is 1. The van der Waals surface area contributed by atoms with E-state index in [9.17, 15) is 0 Å². The average molecular weight is 281 g/mol. The highest BCUT2D eigenvalue weighted by atomic mass is 16.5. The SMILES string of the molecule is CCCNC1c2ccccc2CC1Oc1ccccc1C.